The minimum atomic E-state index is -2.07. The molecule has 1 saturated carbocycles. The van der Waals surface area contributed by atoms with Crippen LogP contribution in [0.25, 0.3) is 0 Å². The maximum Gasteiger partial charge on any atom is 0.320 e. The molecule has 0 unspecified atom stereocenters. The number of aliphatic hydroxyl groups is 1. The first-order chi connectivity index (χ1) is 12.7. The fraction of sp³-hybridized carbons (Fsp3) is 0.905. The van der Waals surface area contributed by atoms with Gasteiger partial charge in [-0.05, 0) is 44.8 Å². The minimum absolute atomic E-state index is 0.0189. The normalized spacial score (nSPS) is 28.5. The van der Waals surface area contributed by atoms with E-state index in [4.69, 9.17) is 13.9 Å². The van der Waals surface area contributed by atoms with Gasteiger partial charge in [-0.3, -0.25) is 9.59 Å². The van der Waals surface area contributed by atoms with Gasteiger partial charge in [0, 0.05) is 17.4 Å². The molecule has 7 heteroatoms. The highest BCUT2D eigenvalue weighted by Gasteiger charge is 2.63. The van der Waals surface area contributed by atoms with Crippen molar-refractivity contribution in [2.75, 3.05) is 19.8 Å². The van der Waals surface area contributed by atoms with Gasteiger partial charge in [-0.1, -0.05) is 34.6 Å². The van der Waals surface area contributed by atoms with Gasteiger partial charge in [0.1, 0.15) is 0 Å². The van der Waals surface area contributed by atoms with Crippen LogP contribution in [-0.2, 0) is 23.5 Å². The Hall–Kier alpha value is -0.923. The molecule has 1 aliphatic rings. The zero-order valence-electron chi connectivity index (χ0n) is 19.2. The molecule has 0 aromatic heterocycles. The van der Waals surface area contributed by atoms with Crippen molar-refractivity contribution >= 4 is 20.3 Å². The first-order valence-corrected chi connectivity index (χ1v) is 13.2. The second-order valence-corrected chi connectivity index (χ2v) is 14.7. The average molecular weight is 417 g/mol. The summed E-state index contributed by atoms with van der Waals surface area (Å²) in [5.74, 6) is -2.26. The van der Waals surface area contributed by atoms with Gasteiger partial charge >= 0.3 is 11.9 Å². The van der Waals surface area contributed by atoms with Crippen molar-refractivity contribution < 1.29 is 28.6 Å². The molecule has 0 aromatic rings. The summed E-state index contributed by atoms with van der Waals surface area (Å²) in [5, 5.41) is 10.9. The highest BCUT2D eigenvalue weighted by molar-refractivity contribution is 6.74. The topological polar surface area (TPSA) is 82.1 Å². The van der Waals surface area contributed by atoms with E-state index in [1.807, 2.05) is 13.8 Å². The van der Waals surface area contributed by atoms with Crippen molar-refractivity contribution in [2.45, 2.75) is 85.5 Å². The van der Waals surface area contributed by atoms with Crippen LogP contribution in [0.2, 0.25) is 18.1 Å². The maximum absolute atomic E-state index is 12.8. The lowest BCUT2D eigenvalue weighted by atomic mass is 9.60. The lowest BCUT2D eigenvalue weighted by Crippen LogP contribution is -2.54. The number of hydrogen-bond donors (Lipinski definition) is 1. The summed E-state index contributed by atoms with van der Waals surface area (Å²) in [4.78, 5) is 25.5. The third-order valence-electron chi connectivity index (χ3n) is 7.20. The van der Waals surface area contributed by atoms with Crippen LogP contribution in [-0.4, -0.2) is 51.3 Å². The molecule has 1 N–H and O–H groups in total. The van der Waals surface area contributed by atoms with Crippen molar-refractivity contribution in [3.8, 4) is 0 Å². The minimum Gasteiger partial charge on any atom is -0.465 e. The van der Waals surface area contributed by atoms with E-state index in [0.29, 0.717) is 12.8 Å². The van der Waals surface area contributed by atoms with Crippen LogP contribution < -0.4 is 0 Å². The van der Waals surface area contributed by atoms with Crippen molar-refractivity contribution in [3.05, 3.63) is 0 Å². The number of esters is 2. The van der Waals surface area contributed by atoms with Crippen LogP contribution in [0.4, 0.5) is 0 Å². The van der Waals surface area contributed by atoms with Crippen LogP contribution >= 0.6 is 0 Å². The third kappa shape index (κ3) is 4.62. The van der Waals surface area contributed by atoms with Gasteiger partial charge in [-0.25, -0.2) is 0 Å². The number of hydrogen-bond acceptors (Lipinski definition) is 6. The van der Waals surface area contributed by atoms with Crippen molar-refractivity contribution in [1.29, 1.82) is 0 Å². The SMILES string of the molecule is CCOC(=O)C(C(=O)OCC)[C@@]1(C)CC[C@H](O)[C@@]1(C)CO[Si](C)(C)C(C)(C)C. The van der Waals surface area contributed by atoms with E-state index in [2.05, 4.69) is 33.9 Å². The summed E-state index contributed by atoms with van der Waals surface area (Å²) in [5.41, 5.74) is -1.60. The van der Waals surface area contributed by atoms with Gasteiger partial charge in [-0.2, -0.15) is 0 Å². The van der Waals surface area contributed by atoms with Crippen molar-refractivity contribution in [3.63, 3.8) is 0 Å². The Morgan fingerprint density at radius 1 is 1.11 bits per heavy atom. The summed E-state index contributed by atoms with van der Waals surface area (Å²) >= 11 is 0. The summed E-state index contributed by atoms with van der Waals surface area (Å²) in [6.45, 7) is 18.7. The Labute approximate surface area is 171 Å². The Morgan fingerprint density at radius 3 is 1.96 bits per heavy atom. The molecule has 0 bridgehead atoms. The summed E-state index contributed by atoms with van der Waals surface area (Å²) in [6.07, 6.45) is 0.352. The van der Waals surface area contributed by atoms with E-state index in [9.17, 15) is 14.7 Å². The number of rotatable bonds is 8. The molecule has 0 spiro atoms. The maximum atomic E-state index is 12.8. The van der Waals surface area contributed by atoms with Gasteiger partial charge in [0.2, 0.25) is 0 Å². The quantitative estimate of drug-likeness (QED) is 0.367. The largest absolute Gasteiger partial charge is 0.465 e. The molecule has 0 radical (unpaired) electrons. The Bertz CT molecular complexity index is 552. The van der Waals surface area contributed by atoms with Crippen LogP contribution in [0.5, 0.6) is 0 Å². The zero-order valence-corrected chi connectivity index (χ0v) is 20.2. The number of aliphatic hydroxyl groups excluding tert-OH is 1. The third-order valence-corrected chi connectivity index (χ3v) is 11.7. The van der Waals surface area contributed by atoms with E-state index < -0.39 is 43.1 Å². The van der Waals surface area contributed by atoms with Gasteiger partial charge in [0.05, 0.1) is 19.3 Å². The fourth-order valence-electron chi connectivity index (χ4n) is 3.77. The van der Waals surface area contributed by atoms with Gasteiger partial charge in [0.15, 0.2) is 14.2 Å². The predicted molar refractivity (Wildman–Crippen MR) is 111 cm³/mol. The monoisotopic (exact) mass is 416 g/mol. The molecule has 3 atom stereocenters. The molecule has 0 aromatic carbocycles. The first kappa shape index (κ1) is 25.1. The second-order valence-electron chi connectivity index (χ2n) is 9.88. The molecule has 0 saturated heterocycles. The first-order valence-electron chi connectivity index (χ1n) is 10.3. The van der Waals surface area contributed by atoms with E-state index in [1.54, 1.807) is 13.8 Å². The number of carbonyl (C=O) groups is 2. The lowest BCUT2D eigenvalue weighted by molar-refractivity contribution is -0.175. The van der Waals surface area contributed by atoms with Crippen LogP contribution in [0.15, 0.2) is 0 Å². The predicted octanol–water partition coefficient (Wildman–Crippen LogP) is 3.92. The standard InChI is InChI=1S/C21H40O6Si/c1-10-25-17(23)16(18(24)26-11-2)20(6)13-12-15(22)21(20,7)14-27-28(8,9)19(3,4)5/h15-16,22H,10-14H2,1-9H3/t15-,20+,21+/m0/s1. The number of carbonyl (C=O) groups excluding carboxylic acids is 2. The van der Waals surface area contributed by atoms with Crippen molar-refractivity contribution in [2.24, 2.45) is 16.7 Å². The smallest absolute Gasteiger partial charge is 0.320 e. The van der Waals surface area contributed by atoms with Crippen molar-refractivity contribution in [1.82, 2.24) is 0 Å². The molecule has 1 fully saturated rings. The average Bonchev–Trinajstić information content (AvgIpc) is 2.78. The molecule has 28 heavy (non-hydrogen) atoms. The summed E-state index contributed by atoms with van der Waals surface area (Å²) in [6, 6.07) is 0. The second kappa shape index (κ2) is 8.84. The van der Waals surface area contributed by atoms with Crippen LogP contribution in [0.3, 0.4) is 0 Å². The van der Waals surface area contributed by atoms with Crippen LogP contribution in [0.1, 0.15) is 61.3 Å². The fourth-order valence-corrected chi connectivity index (χ4v) is 4.86. The van der Waals surface area contributed by atoms with E-state index in [-0.39, 0.29) is 24.9 Å². The molecular formula is C21H40O6Si. The molecule has 1 rings (SSSR count). The lowest BCUT2D eigenvalue weighted by Gasteiger charge is -2.48. The summed E-state index contributed by atoms with van der Waals surface area (Å²) < 4.78 is 16.9. The Balaban J connectivity index is 3.30. The molecular weight excluding hydrogens is 376 g/mol. The highest BCUT2D eigenvalue weighted by atomic mass is 28.4. The molecule has 0 amide bonds. The zero-order chi connectivity index (χ0) is 22.0. The van der Waals surface area contributed by atoms with E-state index in [0.717, 1.165) is 0 Å². The van der Waals surface area contributed by atoms with Gasteiger partial charge in [-0.15, -0.1) is 0 Å². The molecule has 6 nitrogen and oxygen atoms in total. The Morgan fingerprint density at radius 2 is 1.57 bits per heavy atom. The highest BCUT2D eigenvalue weighted by Crippen LogP contribution is 2.58. The molecule has 1 aliphatic carbocycles. The Kier molecular flexibility index (Phi) is 7.93. The molecule has 0 heterocycles. The van der Waals surface area contributed by atoms with E-state index in [1.165, 1.54) is 0 Å². The number of ether oxygens (including phenoxy) is 2. The van der Waals surface area contributed by atoms with Gasteiger partial charge in [0.25, 0.3) is 0 Å². The van der Waals surface area contributed by atoms with E-state index >= 15 is 0 Å². The molecule has 0 aliphatic heterocycles. The molecule has 164 valence electrons. The summed E-state index contributed by atoms with van der Waals surface area (Å²) in [7, 11) is -2.07. The van der Waals surface area contributed by atoms with Crippen LogP contribution in [0, 0.1) is 16.7 Å². The van der Waals surface area contributed by atoms with Gasteiger partial charge < -0.3 is 19.0 Å².